The molecule has 2 rings (SSSR count). The molecule has 0 aromatic heterocycles. The summed E-state index contributed by atoms with van der Waals surface area (Å²) in [5.41, 5.74) is 0. The molecule has 0 bridgehead atoms. The number of aliphatic hydroxyl groups excluding tert-OH is 1. The van der Waals surface area contributed by atoms with Crippen molar-refractivity contribution in [3.05, 3.63) is 0 Å². The lowest BCUT2D eigenvalue weighted by Gasteiger charge is -2.32. The van der Waals surface area contributed by atoms with Crippen molar-refractivity contribution < 1.29 is 14.7 Å². The van der Waals surface area contributed by atoms with Crippen molar-refractivity contribution in [3.8, 4) is 0 Å². The molecule has 4 heteroatoms. The topological polar surface area (TPSA) is 57.6 Å². The predicted molar refractivity (Wildman–Crippen MR) is 86.0 cm³/mol. The molecule has 1 saturated heterocycles. The van der Waals surface area contributed by atoms with Gasteiger partial charge in [-0.05, 0) is 37.5 Å². The molecule has 0 spiro atoms. The lowest BCUT2D eigenvalue weighted by molar-refractivity contribution is -0.138. The van der Waals surface area contributed by atoms with Gasteiger partial charge in [0.2, 0.25) is 5.91 Å². The van der Waals surface area contributed by atoms with E-state index in [0.717, 1.165) is 25.7 Å². The number of nitrogens with zero attached hydrogens (tertiary/aromatic N) is 1. The lowest BCUT2D eigenvalue weighted by Crippen LogP contribution is -2.39. The normalized spacial score (nSPS) is 33.0. The summed E-state index contributed by atoms with van der Waals surface area (Å²) in [5, 5.41) is 10.2. The molecule has 0 radical (unpaired) electrons. The van der Waals surface area contributed by atoms with Gasteiger partial charge in [-0.2, -0.15) is 0 Å². The number of ketones is 1. The number of hydrogen-bond acceptors (Lipinski definition) is 3. The van der Waals surface area contributed by atoms with Crippen LogP contribution in [0.5, 0.6) is 0 Å². The molecule has 1 N–H and O–H groups in total. The number of rotatable bonds is 5. The van der Waals surface area contributed by atoms with E-state index in [1.165, 1.54) is 0 Å². The average Bonchev–Trinajstić information content (AvgIpc) is 2.75. The molecular formula is C18H31NO3. The van der Waals surface area contributed by atoms with Gasteiger partial charge >= 0.3 is 0 Å². The van der Waals surface area contributed by atoms with Crippen molar-refractivity contribution in [2.75, 3.05) is 6.54 Å². The second kappa shape index (κ2) is 7.12. The zero-order valence-corrected chi connectivity index (χ0v) is 14.4. The van der Waals surface area contributed by atoms with E-state index in [9.17, 15) is 14.7 Å². The molecule has 2 unspecified atom stereocenters. The second-order valence-electron chi connectivity index (χ2n) is 7.83. The van der Waals surface area contributed by atoms with Gasteiger partial charge in [0.25, 0.3) is 0 Å². The number of aliphatic hydroxyl groups is 1. The fourth-order valence-electron chi connectivity index (χ4n) is 3.96. The minimum absolute atomic E-state index is 0.0335. The summed E-state index contributed by atoms with van der Waals surface area (Å²) in [7, 11) is 0. The Balaban J connectivity index is 1.86. The van der Waals surface area contributed by atoms with Crippen LogP contribution >= 0.6 is 0 Å². The Bertz CT molecular complexity index is 411. The van der Waals surface area contributed by atoms with Gasteiger partial charge in [-0.3, -0.25) is 9.59 Å². The number of carbonyl (C=O) groups excluding carboxylic acids is 2. The van der Waals surface area contributed by atoms with E-state index in [1.807, 2.05) is 27.7 Å². The third-order valence-corrected chi connectivity index (χ3v) is 5.50. The highest BCUT2D eigenvalue weighted by Crippen LogP contribution is 2.35. The SMILES string of the molecule is CC(C)C(=O)C1CCC(CN2C(=O)C(C(C)C)CC2O)CC1. The Hall–Kier alpha value is -0.900. The minimum Gasteiger partial charge on any atom is -0.373 e. The Kier molecular flexibility index (Phi) is 5.65. The summed E-state index contributed by atoms with van der Waals surface area (Å²) in [5.74, 6) is 1.51. The van der Waals surface area contributed by atoms with Gasteiger partial charge < -0.3 is 10.0 Å². The van der Waals surface area contributed by atoms with Gasteiger partial charge in [0, 0.05) is 30.7 Å². The molecular weight excluding hydrogens is 278 g/mol. The highest BCUT2D eigenvalue weighted by atomic mass is 16.3. The van der Waals surface area contributed by atoms with E-state index in [4.69, 9.17) is 0 Å². The maximum Gasteiger partial charge on any atom is 0.228 e. The molecule has 0 aromatic carbocycles. The molecule has 1 heterocycles. The van der Waals surface area contributed by atoms with Crippen LogP contribution in [-0.4, -0.2) is 34.5 Å². The number of Topliss-reactive ketones (excluding diaryl/α,β-unsaturated/α-hetero) is 1. The van der Waals surface area contributed by atoms with Crippen LogP contribution in [0.3, 0.4) is 0 Å². The summed E-state index contributed by atoms with van der Waals surface area (Å²) < 4.78 is 0. The molecule has 0 aromatic rings. The van der Waals surface area contributed by atoms with Gasteiger partial charge in [0.1, 0.15) is 12.0 Å². The van der Waals surface area contributed by atoms with Crippen LogP contribution in [-0.2, 0) is 9.59 Å². The zero-order valence-electron chi connectivity index (χ0n) is 14.4. The highest BCUT2D eigenvalue weighted by molar-refractivity contribution is 5.83. The smallest absolute Gasteiger partial charge is 0.228 e. The number of carbonyl (C=O) groups is 2. The molecule has 1 aliphatic heterocycles. The third kappa shape index (κ3) is 3.70. The molecule has 22 heavy (non-hydrogen) atoms. The van der Waals surface area contributed by atoms with Crippen LogP contribution in [0.15, 0.2) is 0 Å². The first-order chi connectivity index (χ1) is 10.3. The van der Waals surface area contributed by atoms with Crippen LogP contribution in [0, 0.1) is 29.6 Å². The monoisotopic (exact) mass is 309 g/mol. The van der Waals surface area contributed by atoms with Gasteiger partial charge in [-0.15, -0.1) is 0 Å². The Labute approximate surface area is 134 Å². The average molecular weight is 309 g/mol. The van der Waals surface area contributed by atoms with Crippen molar-refractivity contribution in [2.24, 2.45) is 29.6 Å². The first-order valence-corrected chi connectivity index (χ1v) is 8.83. The first kappa shape index (κ1) is 17.5. The minimum atomic E-state index is -0.616. The maximum absolute atomic E-state index is 12.4. The summed E-state index contributed by atoms with van der Waals surface area (Å²) >= 11 is 0. The predicted octanol–water partition coefficient (Wildman–Crippen LogP) is 2.84. The van der Waals surface area contributed by atoms with E-state index in [1.54, 1.807) is 4.90 Å². The van der Waals surface area contributed by atoms with E-state index >= 15 is 0 Å². The van der Waals surface area contributed by atoms with Crippen LogP contribution in [0.4, 0.5) is 0 Å². The van der Waals surface area contributed by atoms with Crippen molar-refractivity contribution in [1.29, 1.82) is 0 Å². The van der Waals surface area contributed by atoms with E-state index in [-0.39, 0.29) is 29.6 Å². The standard InChI is InChI=1S/C18H31NO3/c1-11(2)15-9-16(20)19(18(15)22)10-13-5-7-14(8-6-13)17(21)12(3)4/h11-16,20H,5-10H2,1-4H3. The first-order valence-electron chi connectivity index (χ1n) is 8.83. The van der Waals surface area contributed by atoms with E-state index < -0.39 is 6.23 Å². The highest BCUT2D eigenvalue weighted by Gasteiger charge is 2.41. The second-order valence-corrected chi connectivity index (χ2v) is 7.83. The van der Waals surface area contributed by atoms with E-state index in [0.29, 0.717) is 24.7 Å². The molecule has 2 atom stereocenters. The molecule has 2 fully saturated rings. The fourth-order valence-corrected chi connectivity index (χ4v) is 3.96. The summed E-state index contributed by atoms with van der Waals surface area (Å²) in [6, 6.07) is 0. The van der Waals surface area contributed by atoms with Crippen LogP contribution in [0.1, 0.15) is 59.8 Å². The Morgan fingerprint density at radius 1 is 1.18 bits per heavy atom. The quantitative estimate of drug-likeness (QED) is 0.849. The van der Waals surface area contributed by atoms with E-state index in [2.05, 4.69) is 0 Å². The summed E-state index contributed by atoms with van der Waals surface area (Å²) in [6.45, 7) is 8.69. The summed E-state index contributed by atoms with van der Waals surface area (Å²) in [4.78, 5) is 26.2. The molecule has 1 aliphatic carbocycles. The molecule has 1 amide bonds. The number of likely N-dealkylation sites (tertiary alicyclic amines) is 1. The molecule has 2 aliphatic rings. The Morgan fingerprint density at radius 2 is 1.77 bits per heavy atom. The van der Waals surface area contributed by atoms with Crippen molar-refractivity contribution in [1.82, 2.24) is 4.90 Å². The van der Waals surface area contributed by atoms with Crippen LogP contribution < -0.4 is 0 Å². The molecule has 126 valence electrons. The van der Waals surface area contributed by atoms with Crippen molar-refractivity contribution in [3.63, 3.8) is 0 Å². The lowest BCUT2D eigenvalue weighted by atomic mass is 9.77. The van der Waals surface area contributed by atoms with Gasteiger partial charge in [0.05, 0.1) is 0 Å². The summed E-state index contributed by atoms with van der Waals surface area (Å²) in [6.07, 6.45) is 3.81. The van der Waals surface area contributed by atoms with Crippen molar-refractivity contribution >= 4 is 11.7 Å². The maximum atomic E-state index is 12.4. The van der Waals surface area contributed by atoms with Crippen LogP contribution in [0.25, 0.3) is 0 Å². The Morgan fingerprint density at radius 3 is 2.23 bits per heavy atom. The molecule has 1 saturated carbocycles. The zero-order chi connectivity index (χ0) is 16.4. The van der Waals surface area contributed by atoms with Gasteiger partial charge in [-0.25, -0.2) is 0 Å². The van der Waals surface area contributed by atoms with Crippen molar-refractivity contribution in [2.45, 2.75) is 66.0 Å². The van der Waals surface area contributed by atoms with Gasteiger partial charge in [0.15, 0.2) is 0 Å². The number of hydrogen-bond donors (Lipinski definition) is 1. The fraction of sp³-hybridized carbons (Fsp3) is 0.889. The van der Waals surface area contributed by atoms with Gasteiger partial charge in [-0.1, -0.05) is 27.7 Å². The molecule has 4 nitrogen and oxygen atoms in total. The van der Waals surface area contributed by atoms with Crippen LogP contribution in [0.2, 0.25) is 0 Å². The largest absolute Gasteiger partial charge is 0.373 e. The number of amides is 1. The third-order valence-electron chi connectivity index (χ3n) is 5.50.